The van der Waals surface area contributed by atoms with Gasteiger partial charge >= 0.3 is 0 Å². The smallest absolute Gasteiger partial charge is 0.185 e. The molecular formula is C15H13NO. The molecule has 0 radical (unpaired) electrons. The second kappa shape index (κ2) is 3.27. The highest BCUT2D eigenvalue weighted by molar-refractivity contribution is 6.19. The second-order valence-electron chi connectivity index (χ2n) is 4.94. The number of carbonyl (C=O) groups is 1. The van der Waals surface area contributed by atoms with Crippen molar-refractivity contribution in [1.29, 1.82) is 0 Å². The highest BCUT2D eigenvalue weighted by atomic mass is 16.1. The Morgan fingerprint density at radius 2 is 1.94 bits per heavy atom. The Morgan fingerprint density at radius 1 is 1.18 bits per heavy atom. The fourth-order valence-corrected chi connectivity index (χ4v) is 2.23. The largest absolute Gasteiger partial charge is 0.289 e. The summed E-state index contributed by atoms with van der Waals surface area (Å²) in [6, 6.07) is 8.13. The van der Waals surface area contributed by atoms with Gasteiger partial charge in [-0.05, 0) is 29.9 Å². The lowest BCUT2D eigenvalue weighted by atomic mass is 9.80. The van der Waals surface area contributed by atoms with Gasteiger partial charge in [-0.2, -0.15) is 0 Å². The van der Waals surface area contributed by atoms with Crippen LogP contribution in [0.5, 0.6) is 0 Å². The molecule has 2 nitrogen and oxygen atoms in total. The van der Waals surface area contributed by atoms with Gasteiger partial charge in [0, 0.05) is 11.0 Å². The van der Waals surface area contributed by atoms with Crippen LogP contribution in [-0.4, -0.2) is 11.5 Å². The van der Waals surface area contributed by atoms with Crippen molar-refractivity contribution < 1.29 is 4.79 Å². The first-order valence-corrected chi connectivity index (χ1v) is 5.72. The monoisotopic (exact) mass is 223 g/mol. The number of ketones is 1. The van der Waals surface area contributed by atoms with Crippen LogP contribution in [0.25, 0.3) is 0 Å². The third kappa shape index (κ3) is 1.41. The molecule has 1 heterocycles. The quantitative estimate of drug-likeness (QED) is 0.672. The van der Waals surface area contributed by atoms with E-state index in [1.54, 1.807) is 6.08 Å². The predicted octanol–water partition coefficient (Wildman–Crippen LogP) is 3.12. The Balaban J connectivity index is 2.08. The van der Waals surface area contributed by atoms with Crippen LogP contribution >= 0.6 is 0 Å². The number of aliphatic imine (C=N–C) groups is 1. The lowest BCUT2D eigenvalue weighted by Gasteiger charge is -2.21. The molecule has 0 saturated carbocycles. The number of fused-ring (bicyclic) bond motifs is 1. The molecule has 3 rings (SSSR count). The minimum absolute atomic E-state index is 0.0967. The van der Waals surface area contributed by atoms with E-state index in [1.807, 2.05) is 30.4 Å². The van der Waals surface area contributed by atoms with Gasteiger partial charge in [0.1, 0.15) is 0 Å². The van der Waals surface area contributed by atoms with E-state index in [9.17, 15) is 4.79 Å². The first-order valence-electron chi connectivity index (χ1n) is 5.72. The van der Waals surface area contributed by atoms with Crippen LogP contribution in [0.2, 0.25) is 0 Å². The minimum atomic E-state index is -0.118. The van der Waals surface area contributed by atoms with Crippen LogP contribution in [0.1, 0.15) is 19.4 Å². The van der Waals surface area contributed by atoms with E-state index < -0.39 is 0 Å². The van der Waals surface area contributed by atoms with Crippen molar-refractivity contribution in [2.24, 2.45) is 4.99 Å². The number of benzene rings is 1. The van der Waals surface area contributed by atoms with Crippen molar-refractivity contribution >= 4 is 17.2 Å². The first kappa shape index (κ1) is 10.2. The van der Waals surface area contributed by atoms with Crippen LogP contribution < -0.4 is 0 Å². The van der Waals surface area contributed by atoms with E-state index >= 15 is 0 Å². The van der Waals surface area contributed by atoms with E-state index in [0.29, 0.717) is 0 Å². The molecule has 1 aliphatic carbocycles. The molecule has 1 aromatic carbocycles. The zero-order valence-corrected chi connectivity index (χ0v) is 9.90. The molecule has 0 spiro atoms. The summed E-state index contributed by atoms with van der Waals surface area (Å²) < 4.78 is 0. The van der Waals surface area contributed by atoms with Gasteiger partial charge in [-0.1, -0.05) is 32.0 Å². The minimum Gasteiger partial charge on any atom is -0.289 e. The normalized spacial score (nSPS) is 22.4. The summed E-state index contributed by atoms with van der Waals surface area (Å²) in [6.45, 7) is 4.28. The molecule has 84 valence electrons. The molecule has 0 N–H and O–H groups in total. The van der Waals surface area contributed by atoms with Crippen LogP contribution in [0, 0.1) is 0 Å². The summed E-state index contributed by atoms with van der Waals surface area (Å²) in [4.78, 5) is 15.9. The Hall–Kier alpha value is -1.96. The summed E-state index contributed by atoms with van der Waals surface area (Å²) in [5.74, 6) is 0.0967. The van der Waals surface area contributed by atoms with Crippen molar-refractivity contribution in [2.45, 2.75) is 19.3 Å². The van der Waals surface area contributed by atoms with Gasteiger partial charge in [0.05, 0.1) is 11.4 Å². The van der Waals surface area contributed by atoms with E-state index in [4.69, 9.17) is 0 Å². The zero-order valence-electron chi connectivity index (χ0n) is 9.90. The second-order valence-corrected chi connectivity index (χ2v) is 4.94. The summed E-state index contributed by atoms with van der Waals surface area (Å²) >= 11 is 0. The number of carbonyl (C=O) groups excluding carboxylic acids is 1. The lowest BCUT2D eigenvalue weighted by molar-refractivity contribution is -0.111. The van der Waals surface area contributed by atoms with E-state index in [-0.39, 0.29) is 11.2 Å². The molecule has 2 heteroatoms. The van der Waals surface area contributed by atoms with Crippen molar-refractivity contribution in [3.63, 3.8) is 0 Å². The Kier molecular flexibility index (Phi) is 1.96. The molecule has 17 heavy (non-hydrogen) atoms. The highest BCUT2D eigenvalue weighted by Crippen LogP contribution is 2.40. The standard InChI is InChI=1S/C15H13NO/c1-15(2)11-5-3-4-6-12(11)16-14(15)9-10-7-8-13(10)17/h3-9H,1-2H3/b10-9+. The van der Waals surface area contributed by atoms with Crippen molar-refractivity contribution in [3.8, 4) is 0 Å². The number of rotatable bonds is 1. The summed E-state index contributed by atoms with van der Waals surface area (Å²) in [7, 11) is 0. The topological polar surface area (TPSA) is 29.4 Å². The van der Waals surface area contributed by atoms with Gasteiger partial charge in [0.25, 0.3) is 0 Å². The molecule has 0 bridgehead atoms. The maximum atomic E-state index is 11.3. The van der Waals surface area contributed by atoms with Gasteiger partial charge in [0.2, 0.25) is 0 Å². The third-order valence-electron chi connectivity index (χ3n) is 3.45. The molecule has 1 aliphatic heterocycles. The number of nitrogens with zero attached hydrogens (tertiary/aromatic N) is 1. The molecule has 0 fully saturated rings. The maximum Gasteiger partial charge on any atom is 0.185 e. The van der Waals surface area contributed by atoms with Crippen LogP contribution in [-0.2, 0) is 10.2 Å². The first-order chi connectivity index (χ1) is 8.09. The van der Waals surface area contributed by atoms with Crippen molar-refractivity contribution in [2.75, 3.05) is 0 Å². The van der Waals surface area contributed by atoms with Crippen LogP contribution in [0.4, 0.5) is 5.69 Å². The number of hydrogen-bond acceptors (Lipinski definition) is 2. The van der Waals surface area contributed by atoms with Crippen molar-refractivity contribution in [1.82, 2.24) is 0 Å². The Labute approximate surface area is 100 Å². The molecule has 0 aromatic heterocycles. The molecule has 2 aliphatic rings. The molecular weight excluding hydrogens is 210 g/mol. The zero-order chi connectivity index (χ0) is 12.0. The van der Waals surface area contributed by atoms with E-state index in [1.165, 1.54) is 5.56 Å². The average Bonchev–Trinajstić information content (AvgIpc) is 2.57. The van der Waals surface area contributed by atoms with E-state index in [0.717, 1.165) is 17.0 Å². The SMILES string of the molecule is CC1(C)C(/C=C2\C=CC2=O)=Nc2ccccc21. The molecule has 0 unspecified atom stereocenters. The molecule has 1 aromatic rings. The lowest BCUT2D eigenvalue weighted by Crippen LogP contribution is -2.25. The summed E-state index contributed by atoms with van der Waals surface area (Å²) in [5.41, 5.74) is 3.84. The molecule has 0 atom stereocenters. The fourth-order valence-electron chi connectivity index (χ4n) is 2.23. The van der Waals surface area contributed by atoms with Crippen LogP contribution in [0.3, 0.4) is 0 Å². The van der Waals surface area contributed by atoms with Gasteiger partial charge in [-0.3, -0.25) is 9.79 Å². The fraction of sp³-hybridized carbons (Fsp3) is 0.200. The predicted molar refractivity (Wildman–Crippen MR) is 68.8 cm³/mol. The van der Waals surface area contributed by atoms with Gasteiger partial charge in [-0.25, -0.2) is 0 Å². The van der Waals surface area contributed by atoms with Gasteiger partial charge in [-0.15, -0.1) is 0 Å². The average molecular weight is 223 g/mol. The summed E-state index contributed by atoms with van der Waals surface area (Å²) in [5, 5.41) is 0. The third-order valence-corrected chi connectivity index (χ3v) is 3.45. The van der Waals surface area contributed by atoms with E-state index in [2.05, 4.69) is 24.9 Å². The van der Waals surface area contributed by atoms with Crippen molar-refractivity contribution in [3.05, 3.63) is 53.6 Å². The Morgan fingerprint density at radius 3 is 2.53 bits per heavy atom. The highest BCUT2D eigenvalue weighted by Gasteiger charge is 2.34. The Bertz CT molecular complexity index is 603. The molecule has 0 saturated heterocycles. The van der Waals surface area contributed by atoms with Gasteiger partial charge < -0.3 is 0 Å². The molecule has 0 amide bonds. The van der Waals surface area contributed by atoms with Crippen LogP contribution in [0.15, 0.2) is 53.1 Å². The van der Waals surface area contributed by atoms with Gasteiger partial charge in [0.15, 0.2) is 5.78 Å². The maximum absolute atomic E-state index is 11.3. The summed E-state index contributed by atoms with van der Waals surface area (Å²) in [6.07, 6.45) is 5.33. The number of allylic oxidation sites excluding steroid dienone is 4. The number of hydrogen-bond donors (Lipinski definition) is 0. The number of para-hydroxylation sites is 1.